The molecule has 1 heterocycles. The summed E-state index contributed by atoms with van der Waals surface area (Å²) in [4.78, 5) is 0. The Morgan fingerprint density at radius 1 is 1.00 bits per heavy atom. The third-order valence-electron chi connectivity index (χ3n) is 5.37. The molecule has 0 amide bonds. The first-order valence-electron chi connectivity index (χ1n) is 9.74. The van der Waals surface area contributed by atoms with Crippen molar-refractivity contribution in [1.82, 2.24) is 15.5 Å². The minimum Gasteiger partial charge on any atom is -0.339 e. The van der Waals surface area contributed by atoms with E-state index in [9.17, 15) is 13.2 Å². The number of nitrogens with one attached hydrogen (secondary N) is 3. The van der Waals surface area contributed by atoms with Gasteiger partial charge in [-0.15, -0.1) is 0 Å². The summed E-state index contributed by atoms with van der Waals surface area (Å²) in [6.45, 7) is 0.851. The number of H-pyrrole nitrogens is 1. The van der Waals surface area contributed by atoms with Crippen LogP contribution in [0.3, 0.4) is 0 Å². The van der Waals surface area contributed by atoms with E-state index in [1.165, 1.54) is 11.6 Å². The Balaban J connectivity index is 1.34. The van der Waals surface area contributed by atoms with Gasteiger partial charge in [-0.2, -0.15) is 18.3 Å². The van der Waals surface area contributed by atoms with Gasteiger partial charge in [0.1, 0.15) is 0 Å². The van der Waals surface area contributed by atoms with E-state index in [2.05, 4.69) is 33.0 Å². The third-order valence-corrected chi connectivity index (χ3v) is 5.37. The lowest BCUT2D eigenvalue weighted by atomic mass is 10.0. The summed E-state index contributed by atoms with van der Waals surface area (Å²) in [5, 5.41) is 13.8. The molecule has 0 saturated heterocycles. The zero-order valence-corrected chi connectivity index (χ0v) is 15.8. The van der Waals surface area contributed by atoms with Gasteiger partial charge in [0.25, 0.3) is 0 Å². The van der Waals surface area contributed by atoms with Crippen LogP contribution >= 0.6 is 0 Å². The van der Waals surface area contributed by atoms with E-state index in [0.29, 0.717) is 23.5 Å². The van der Waals surface area contributed by atoms with E-state index < -0.39 is 11.7 Å². The number of nitrogens with zero attached hydrogens (tertiary/aromatic N) is 1. The molecule has 4 rings (SSSR count). The Morgan fingerprint density at radius 3 is 2.62 bits per heavy atom. The summed E-state index contributed by atoms with van der Waals surface area (Å²) >= 11 is 0. The van der Waals surface area contributed by atoms with Crippen LogP contribution < -0.4 is 10.6 Å². The van der Waals surface area contributed by atoms with Crippen LogP contribution in [0, 0.1) is 0 Å². The molecule has 1 aromatic heterocycles. The number of rotatable bonds is 6. The Morgan fingerprint density at radius 2 is 1.83 bits per heavy atom. The molecule has 152 valence electrons. The van der Waals surface area contributed by atoms with E-state index in [1.807, 2.05) is 24.3 Å². The molecule has 2 atom stereocenters. The van der Waals surface area contributed by atoms with Crippen molar-refractivity contribution in [3.8, 4) is 0 Å². The highest BCUT2D eigenvalue weighted by Gasteiger charge is 2.30. The molecule has 1 aliphatic carbocycles. The highest BCUT2D eigenvalue weighted by molar-refractivity contribution is 5.57. The van der Waals surface area contributed by atoms with Gasteiger partial charge in [-0.3, -0.25) is 5.10 Å². The molecule has 7 heteroatoms. The summed E-state index contributed by atoms with van der Waals surface area (Å²) in [7, 11) is 0. The minimum absolute atomic E-state index is 0.367. The van der Waals surface area contributed by atoms with Crippen molar-refractivity contribution in [2.24, 2.45) is 0 Å². The normalized spacial score (nSPS) is 19.4. The van der Waals surface area contributed by atoms with Crippen molar-refractivity contribution in [3.05, 3.63) is 77.5 Å². The van der Waals surface area contributed by atoms with Gasteiger partial charge in [0.2, 0.25) is 0 Å². The number of anilines is 2. The third kappa shape index (κ3) is 4.98. The largest absolute Gasteiger partial charge is 0.416 e. The first-order chi connectivity index (χ1) is 14.0. The molecule has 0 aliphatic heterocycles. The fraction of sp³-hybridized carbons (Fsp3) is 0.318. The molecule has 0 spiro atoms. The molecule has 1 saturated carbocycles. The number of aromatic amines is 1. The Labute approximate surface area is 167 Å². The number of hydrogen-bond acceptors (Lipinski definition) is 3. The van der Waals surface area contributed by atoms with E-state index in [4.69, 9.17) is 0 Å². The first kappa shape index (κ1) is 19.5. The van der Waals surface area contributed by atoms with Gasteiger partial charge in [0, 0.05) is 36.0 Å². The number of aromatic nitrogens is 2. The maximum atomic E-state index is 12.9. The number of halogens is 3. The van der Waals surface area contributed by atoms with Gasteiger partial charge < -0.3 is 10.6 Å². The molecule has 3 N–H and O–H groups in total. The van der Waals surface area contributed by atoms with Crippen LogP contribution in [0.25, 0.3) is 0 Å². The van der Waals surface area contributed by atoms with Gasteiger partial charge >= 0.3 is 6.18 Å². The van der Waals surface area contributed by atoms with Crippen LogP contribution in [0.5, 0.6) is 0 Å². The molecule has 29 heavy (non-hydrogen) atoms. The van der Waals surface area contributed by atoms with Gasteiger partial charge in [-0.05, 0) is 43.0 Å². The van der Waals surface area contributed by atoms with Crippen molar-refractivity contribution >= 4 is 11.5 Å². The first-order valence-corrected chi connectivity index (χ1v) is 9.74. The lowest BCUT2D eigenvalue weighted by Gasteiger charge is -2.12. The topological polar surface area (TPSA) is 52.7 Å². The fourth-order valence-corrected chi connectivity index (χ4v) is 3.84. The summed E-state index contributed by atoms with van der Waals surface area (Å²) in [6.07, 6.45) is -1.21. The maximum Gasteiger partial charge on any atom is 0.416 e. The Hall–Kier alpha value is -2.80. The van der Waals surface area contributed by atoms with Crippen LogP contribution in [-0.4, -0.2) is 16.2 Å². The second kappa shape index (κ2) is 8.29. The number of benzene rings is 2. The van der Waals surface area contributed by atoms with E-state index in [0.717, 1.165) is 43.6 Å². The highest BCUT2D eigenvalue weighted by atomic mass is 19.4. The summed E-state index contributed by atoms with van der Waals surface area (Å²) in [6, 6.07) is 17.8. The maximum absolute atomic E-state index is 12.9. The predicted molar refractivity (Wildman–Crippen MR) is 107 cm³/mol. The summed E-state index contributed by atoms with van der Waals surface area (Å²) < 4.78 is 38.6. The van der Waals surface area contributed by atoms with Crippen molar-refractivity contribution in [2.75, 3.05) is 5.32 Å². The average molecular weight is 400 g/mol. The molecule has 2 aromatic carbocycles. The van der Waals surface area contributed by atoms with Crippen molar-refractivity contribution in [2.45, 2.75) is 43.9 Å². The lowest BCUT2D eigenvalue weighted by Crippen LogP contribution is -2.25. The zero-order valence-electron chi connectivity index (χ0n) is 15.8. The van der Waals surface area contributed by atoms with E-state index in [-0.39, 0.29) is 0 Å². The van der Waals surface area contributed by atoms with Crippen LogP contribution in [0.1, 0.15) is 42.0 Å². The van der Waals surface area contributed by atoms with Gasteiger partial charge in [0.05, 0.1) is 5.56 Å². The minimum atomic E-state index is -4.36. The van der Waals surface area contributed by atoms with Crippen LogP contribution in [0.4, 0.5) is 24.7 Å². The monoisotopic (exact) mass is 400 g/mol. The SMILES string of the molecule is FC(F)(F)c1cccc(Nc2cc(C3CCC(NCc4ccccc4)C3)[nH]n2)c1. The smallest absolute Gasteiger partial charge is 0.339 e. The second-order valence-corrected chi connectivity index (χ2v) is 7.49. The van der Waals surface area contributed by atoms with Crippen molar-refractivity contribution in [1.29, 1.82) is 0 Å². The molecule has 0 radical (unpaired) electrons. The van der Waals surface area contributed by atoms with Gasteiger partial charge in [-0.25, -0.2) is 0 Å². The Bertz CT molecular complexity index is 936. The predicted octanol–water partition coefficient (Wildman–Crippen LogP) is 5.60. The molecule has 4 nitrogen and oxygen atoms in total. The molecular formula is C22H23F3N4. The molecule has 3 aromatic rings. The van der Waals surface area contributed by atoms with Gasteiger partial charge in [0.15, 0.2) is 5.82 Å². The molecule has 2 unspecified atom stereocenters. The number of hydrogen-bond donors (Lipinski definition) is 3. The van der Waals surface area contributed by atoms with Crippen molar-refractivity contribution < 1.29 is 13.2 Å². The van der Waals surface area contributed by atoms with Gasteiger partial charge in [-0.1, -0.05) is 36.4 Å². The number of alkyl halides is 3. The summed E-state index contributed by atoms with van der Waals surface area (Å²) in [5.41, 5.74) is 1.97. The van der Waals surface area contributed by atoms with Crippen LogP contribution in [0.15, 0.2) is 60.7 Å². The fourth-order valence-electron chi connectivity index (χ4n) is 3.84. The standard InChI is InChI=1S/C22H23F3N4/c23-22(24,25)17-7-4-8-19(12-17)27-21-13-20(28-29-21)16-9-10-18(11-16)26-14-15-5-2-1-3-6-15/h1-8,12-13,16,18,26H,9-11,14H2,(H2,27,28,29). The Kier molecular flexibility index (Phi) is 5.58. The van der Waals surface area contributed by atoms with Crippen LogP contribution in [0.2, 0.25) is 0 Å². The van der Waals surface area contributed by atoms with E-state index in [1.54, 1.807) is 6.07 Å². The second-order valence-electron chi connectivity index (χ2n) is 7.49. The quantitative estimate of drug-likeness (QED) is 0.505. The van der Waals surface area contributed by atoms with E-state index >= 15 is 0 Å². The van der Waals surface area contributed by atoms with Crippen molar-refractivity contribution in [3.63, 3.8) is 0 Å². The average Bonchev–Trinajstić information content (AvgIpc) is 3.36. The molecule has 1 fully saturated rings. The molecular weight excluding hydrogens is 377 g/mol. The summed E-state index contributed by atoms with van der Waals surface area (Å²) in [5.74, 6) is 0.896. The highest BCUT2D eigenvalue weighted by Crippen LogP contribution is 2.35. The molecule has 0 bridgehead atoms. The molecule has 1 aliphatic rings. The van der Waals surface area contributed by atoms with Crippen LogP contribution in [-0.2, 0) is 12.7 Å². The lowest BCUT2D eigenvalue weighted by molar-refractivity contribution is -0.137. The zero-order chi connectivity index (χ0) is 20.3.